The van der Waals surface area contributed by atoms with Crippen molar-refractivity contribution in [2.24, 2.45) is 5.92 Å². The Morgan fingerprint density at radius 1 is 0.596 bits per heavy atom. The molecule has 47 heavy (non-hydrogen) atoms. The first kappa shape index (κ1) is 27.8. The number of rotatable bonds is 4. The summed E-state index contributed by atoms with van der Waals surface area (Å²) in [6.45, 7) is 0. The molecule has 0 amide bonds. The number of anilines is 5. The number of benzene rings is 5. The van der Waals surface area contributed by atoms with E-state index in [4.69, 9.17) is 9.97 Å². The standard InChI is InChI=1S/C42H29BrN4/c43-33-17-10-14-30-15-11-23-39(40(30)33)46-35-19-6-8-21-37(35)47(38-22-9-7-20-36(38)46)42-44-34-18-5-4-16-32(34)41(45-42)31-26-24-29(25-27-31)28-12-2-1-3-13-28/h1-14,16-27,30H,15H2. The number of allylic oxidation sites excluding steroid dienone is 7. The SMILES string of the molecule is BrC1=CC=CC2CC=CC(N3c4ccccc4N(c4nc(-c5ccc(-c6ccccc6)cc5)c5ccccc5n4)c4ccccc43)=C12. The van der Waals surface area contributed by atoms with E-state index in [1.165, 1.54) is 22.4 Å². The molecule has 3 aliphatic rings. The molecule has 1 atom stereocenters. The van der Waals surface area contributed by atoms with Crippen LogP contribution in [-0.4, -0.2) is 9.97 Å². The molecule has 2 heterocycles. The van der Waals surface area contributed by atoms with Gasteiger partial charge in [-0.15, -0.1) is 0 Å². The van der Waals surface area contributed by atoms with Crippen molar-refractivity contribution in [2.75, 3.05) is 9.80 Å². The zero-order valence-corrected chi connectivity index (χ0v) is 27.0. The minimum atomic E-state index is 0.325. The van der Waals surface area contributed by atoms with Gasteiger partial charge >= 0.3 is 0 Å². The van der Waals surface area contributed by atoms with E-state index in [1.807, 2.05) is 12.1 Å². The van der Waals surface area contributed by atoms with E-state index in [0.717, 1.165) is 55.8 Å². The molecule has 9 rings (SSSR count). The Bertz CT molecular complexity index is 2250. The fourth-order valence-corrected chi connectivity index (χ4v) is 7.66. The number of aromatic nitrogens is 2. The van der Waals surface area contributed by atoms with Crippen LogP contribution in [-0.2, 0) is 0 Å². The van der Waals surface area contributed by atoms with E-state index < -0.39 is 0 Å². The van der Waals surface area contributed by atoms with E-state index in [9.17, 15) is 0 Å². The normalized spacial score (nSPS) is 16.5. The Kier molecular flexibility index (Phi) is 6.72. The third-order valence-corrected chi connectivity index (χ3v) is 9.87. The van der Waals surface area contributed by atoms with Crippen molar-refractivity contribution < 1.29 is 0 Å². The molecule has 0 N–H and O–H groups in total. The van der Waals surface area contributed by atoms with Crippen LogP contribution in [0.5, 0.6) is 0 Å². The molecule has 5 aromatic carbocycles. The van der Waals surface area contributed by atoms with Gasteiger partial charge in [0.1, 0.15) is 0 Å². The summed E-state index contributed by atoms with van der Waals surface area (Å²) in [5.41, 5.74) is 11.9. The van der Waals surface area contributed by atoms with Crippen molar-refractivity contribution in [3.63, 3.8) is 0 Å². The first-order chi connectivity index (χ1) is 23.2. The molecular formula is C42H29BrN4. The predicted octanol–water partition coefficient (Wildman–Crippen LogP) is 11.6. The first-order valence-corrected chi connectivity index (χ1v) is 16.7. The van der Waals surface area contributed by atoms with Crippen LogP contribution in [0.3, 0.4) is 0 Å². The van der Waals surface area contributed by atoms with Crippen molar-refractivity contribution in [3.05, 3.63) is 174 Å². The molecule has 6 aromatic rings. The Hall–Kier alpha value is -5.52. The van der Waals surface area contributed by atoms with Crippen LogP contribution < -0.4 is 9.80 Å². The summed E-state index contributed by atoms with van der Waals surface area (Å²) in [6.07, 6.45) is 12.1. The molecule has 224 valence electrons. The number of hydrogen-bond acceptors (Lipinski definition) is 4. The largest absolute Gasteiger partial charge is 0.306 e. The molecule has 4 nitrogen and oxygen atoms in total. The zero-order valence-electron chi connectivity index (χ0n) is 25.5. The quantitative estimate of drug-likeness (QED) is 0.187. The molecule has 0 spiro atoms. The molecule has 0 radical (unpaired) electrons. The summed E-state index contributed by atoms with van der Waals surface area (Å²) in [5.74, 6) is 0.966. The summed E-state index contributed by atoms with van der Waals surface area (Å²) in [6, 6.07) is 44.6. The van der Waals surface area contributed by atoms with Crippen LogP contribution in [0.1, 0.15) is 6.42 Å². The maximum Gasteiger partial charge on any atom is 0.235 e. The number of hydrogen-bond donors (Lipinski definition) is 0. The van der Waals surface area contributed by atoms with Gasteiger partial charge in [0.15, 0.2) is 0 Å². The van der Waals surface area contributed by atoms with Gasteiger partial charge in [-0.1, -0.05) is 131 Å². The lowest BCUT2D eigenvalue weighted by Gasteiger charge is -2.41. The molecule has 1 aromatic heterocycles. The highest BCUT2D eigenvalue weighted by atomic mass is 79.9. The maximum atomic E-state index is 5.35. The van der Waals surface area contributed by atoms with Gasteiger partial charge in [0, 0.05) is 21.3 Å². The fraction of sp³-hybridized carbons (Fsp3) is 0.0476. The van der Waals surface area contributed by atoms with Crippen LogP contribution in [0.4, 0.5) is 28.7 Å². The number of nitrogens with zero attached hydrogens (tertiary/aromatic N) is 4. The van der Waals surface area contributed by atoms with Gasteiger partial charge in [0.05, 0.1) is 39.7 Å². The summed E-state index contributed by atoms with van der Waals surface area (Å²) < 4.78 is 1.13. The summed E-state index contributed by atoms with van der Waals surface area (Å²) in [4.78, 5) is 15.2. The van der Waals surface area contributed by atoms with Gasteiger partial charge in [-0.3, -0.25) is 4.90 Å². The molecule has 1 unspecified atom stereocenters. The lowest BCUT2D eigenvalue weighted by Crippen LogP contribution is -2.29. The Morgan fingerprint density at radius 3 is 1.91 bits per heavy atom. The van der Waals surface area contributed by atoms with Gasteiger partial charge < -0.3 is 4.90 Å². The molecule has 0 saturated heterocycles. The van der Waals surface area contributed by atoms with Gasteiger partial charge in [-0.05, 0) is 65.6 Å². The smallest absolute Gasteiger partial charge is 0.235 e. The van der Waals surface area contributed by atoms with Crippen LogP contribution in [0.2, 0.25) is 0 Å². The monoisotopic (exact) mass is 668 g/mol. The van der Waals surface area contributed by atoms with Crippen molar-refractivity contribution in [1.82, 2.24) is 9.97 Å². The van der Waals surface area contributed by atoms with Crippen molar-refractivity contribution in [2.45, 2.75) is 6.42 Å². The number of para-hydroxylation sites is 5. The second-order valence-electron chi connectivity index (χ2n) is 11.9. The van der Waals surface area contributed by atoms with Gasteiger partial charge in [-0.25, -0.2) is 9.97 Å². The fourth-order valence-electron chi connectivity index (χ4n) is 7.01. The van der Waals surface area contributed by atoms with Crippen molar-refractivity contribution in [3.8, 4) is 22.4 Å². The van der Waals surface area contributed by atoms with E-state index >= 15 is 0 Å². The maximum absolute atomic E-state index is 5.35. The average Bonchev–Trinajstić information content (AvgIpc) is 3.14. The second-order valence-corrected chi connectivity index (χ2v) is 12.8. The van der Waals surface area contributed by atoms with Gasteiger partial charge in [0.25, 0.3) is 0 Å². The Balaban J connectivity index is 1.23. The minimum Gasteiger partial charge on any atom is -0.306 e. The number of halogens is 1. The highest BCUT2D eigenvalue weighted by Gasteiger charge is 2.35. The average molecular weight is 670 g/mol. The Labute approximate surface area is 282 Å². The summed E-state index contributed by atoms with van der Waals surface area (Å²) in [7, 11) is 0. The van der Waals surface area contributed by atoms with E-state index in [2.05, 4.69) is 171 Å². The van der Waals surface area contributed by atoms with Crippen LogP contribution in [0.15, 0.2) is 174 Å². The second kappa shape index (κ2) is 11.4. The topological polar surface area (TPSA) is 32.3 Å². The molecule has 0 fully saturated rings. The van der Waals surface area contributed by atoms with E-state index in [1.54, 1.807) is 0 Å². The van der Waals surface area contributed by atoms with E-state index in [0.29, 0.717) is 11.9 Å². The minimum absolute atomic E-state index is 0.325. The molecule has 5 heteroatoms. The lowest BCUT2D eigenvalue weighted by atomic mass is 9.85. The summed E-state index contributed by atoms with van der Waals surface area (Å²) >= 11 is 3.90. The highest BCUT2D eigenvalue weighted by Crippen LogP contribution is 2.54. The van der Waals surface area contributed by atoms with Crippen LogP contribution in [0, 0.1) is 5.92 Å². The summed E-state index contributed by atoms with van der Waals surface area (Å²) in [5, 5.41) is 1.02. The third-order valence-electron chi connectivity index (χ3n) is 9.18. The van der Waals surface area contributed by atoms with Gasteiger partial charge in [-0.2, -0.15) is 0 Å². The Morgan fingerprint density at radius 2 is 1.19 bits per heavy atom. The van der Waals surface area contributed by atoms with Crippen molar-refractivity contribution >= 4 is 55.5 Å². The third kappa shape index (κ3) is 4.65. The molecule has 1 aliphatic heterocycles. The lowest BCUT2D eigenvalue weighted by molar-refractivity contribution is 0.760. The molecule has 0 bridgehead atoms. The molecular weight excluding hydrogens is 640 g/mol. The molecule has 2 aliphatic carbocycles. The first-order valence-electron chi connectivity index (χ1n) is 15.9. The highest BCUT2D eigenvalue weighted by molar-refractivity contribution is 9.12. The van der Waals surface area contributed by atoms with Gasteiger partial charge in [0.2, 0.25) is 5.95 Å². The van der Waals surface area contributed by atoms with Crippen LogP contribution in [0.25, 0.3) is 33.3 Å². The van der Waals surface area contributed by atoms with Crippen LogP contribution >= 0.6 is 15.9 Å². The predicted molar refractivity (Wildman–Crippen MR) is 198 cm³/mol. The molecule has 0 saturated carbocycles. The van der Waals surface area contributed by atoms with E-state index in [-0.39, 0.29) is 0 Å². The van der Waals surface area contributed by atoms with Crippen molar-refractivity contribution in [1.29, 1.82) is 0 Å². The zero-order chi connectivity index (χ0) is 31.3. The number of fused-ring (bicyclic) bond motifs is 4.